The van der Waals surface area contributed by atoms with E-state index in [1.165, 1.54) is 12.1 Å². The zero-order valence-corrected chi connectivity index (χ0v) is 14.3. The Hall–Kier alpha value is -2.57. The first-order valence-corrected chi connectivity index (χ1v) is 8.69. The lowest BCUT2D eigenvalue weighted by Crippen LogP contribution is -2.35. The molecule has 6 heteroatoms. The fraction of sp³-hybridized carbons (Fsp3) is 0.300. The zero-order chi connectivity index (χ0) is 18.0. The zero-order valence-electron chi connectivity index (χ0n) is 14.3. The second kappa shape index (κ2) is 6.97. The van der Waals surface area contributed by atoms with Crippen molar-refractivity contribution in [2.75, 3.05) is 13.2 Å². The Morgan fingerprint density at radius 3 is 2.35 bits per heavy atom. The predicted molar refractivity (Wildman–Crippen MR) is 94.9 cm³/mol. The smallest absolute Gasteiger partial charge is 0.237 e. The maximum Gasteiger partial charge on any atom is 0.237 e. The molecule has 3 aromatic rings. The standard InChI is InChI=1S/C20H20FN3O2/c21-17-7-5-16(6-8-17)20(9-11-25-12-10-20)19-23-18(24-26-19)15-3-1-14(13-22)2-4-15/h1-8H,9-13,22H2. The van der Waals surface area contributed by atoms with Crippen LogP contribution < -0.4 is 5.73 Å². The number of aromatic nitrogens is 2. The van der Waals surface area contributed by atoms with Gasteiger partial charge in [0.05, 0.1) is 5.41 Å². The summed E-state index contributed by atoms with van der Waals surface area (Å²) in [5.74, 6) is 0.823. The average molecular weight is 353 g/mol. The Labute approximate surface area is 151 Å². The van der Waals surface area contributed by atoms with E-state index in [-0.39, 0.29) is 5.82 Å². The molecule has 1 aliphatic rings. The molecule has 2 N–H and O–H groups in total. The quantitative estimate of drug-likeness (QED) is 0.778. The van der Waals surface area contributed by atoms with Gasteiger partial charge in [-0.05, 0) is 36.1 Å². The van der Waals surface area contributed by atoms with Gasteiger partial charge in [0.15, 0.2) is 0 Å². The first kappa shape index (κ1) is 16.9. The normalized spacial score (nSPS) is 16.5. The molecule has 0 amide bonds. The molecule has 0 radical (unpaired) electrons. The summed E-state index contributed by atoms with van der Waals surface area (Å²) in [7, 11) is 0. The molecule has 0 saturated carbocycles. The van der Waals surface area contributed by atoms with E-state index in [0.717, 1.165) is 16.7 Å². The van der Waals surface area contributed by atoms with Crippen molar-refractivity contribution in [3.05, 3.63) is 71.4 Å². The van der Waals surface area contributed by atoms with Crippen molar-refractivity contribution in [3.63, 3.8) is 0 Å². The molecule has 1 fully saturated rings. The Kier molecular flexibility index (Phi) is 4.53. The number of halogens is 1. The van der Waals surface area contributed by atoms with E-state index >= 15 is 0 Å². The van der Waals surface area contributed by atoms with Gasteiger partial charge in [0.2, 0.25) is 11.7 Å². The molecular weight excluding hydrogens is 333 g/mol. The number of hydrogen-bond donors (Lipinski definition) is 1. The van der Waals surface area contributed by atoms with Crippen LogP contribution in [0, 0.1) is 5.82 Å². The highest BCUT2D eigenvalue weighted by molar-refractivity contribution is 5.55. The van der Waals surface area contributed by atoms with Crippen LogP contribution >= 0.6 is 0 Å². The molecule has 0 spiro atoms. The van der Waals surface area contributed by atoms with Crippen molar-refractivity contribution >= 4 is 0 Å². The first-order chi connectivity index (χ1) is 12.7. The van der Waals surface area contributed by atoms with Gasteiger partial charge >= 0.3 is 0 Å². The van der Waals surface area contributed by atoms with Gasteiger partial charge in [0.1, 0.15) is 5.82 Å². The average Bonchev–Trinajstić information content (AvgIpc) is 3.20. The van der Waals surface area contributed by atoms with E-state index in [2.05, 4.69) is 10.1 Å². The van der Waals surface area contributed by atoms with E-state index in [1.807, 2.05) is 24.3 Å². The molecule has 0 aliphatic carbocycles. The van der Waals surface area contributed by atoms with Gasteiger partial charge in [-0.2, -0.15) is 4.98 Å². The molecule has 4 rings (SSSR count). The van der Waals surface area contributed by atoms with E-state index in [1.54, 1.807) is 12.1 Å². The molecule has 2 aromatic carbocycles. The summed E-state index contributed by atoms with van der Waals surface area (Å²) in [4.78, 5) is 4.67. The topological polar surface area (TPSA) is 74.2 Å². The lowest BCUT2D eigenvalue weighted by atomic mass is 9.74. The predicted octanol–water partition coefficient (Wildman–Crippen LogP) is 3.43. The molecule has 1 saturated heterocycles. The Balaban J connectivity index is 1.72. The molecule has 1 aliphatic heterocycles. The Morgan fingerprint density at radius 1 is 1.00 bits per heavy atom. The van der Waals surface area contributed by atoms with Crippen LogP contribution in [0.1, 0.15) is 29.9 Å². The largest absolute Gasteiger partial charge is 0.381 e. The van der Waals surface area contributed by atoms with Crippen LogP contribution in [0.5, 0.6) is 0 Å². The highest BCUT2D eigenvalue weighted by Gasteiger charge is 2.41. The van der Waals surface area contributed by atoms with Gasteiger partial charge in [0.25, 0.3) is 0 Å². The van der Waals surface area contributed by atoms with Crippen LogP contribution in [-0.4, -0.2) is 23.4 Å². The molecule has 26 heavy (non-hydrogen) atoms. The molecule has 0 atom stereocenters. The first-order valence-electron chi connectivity index (χ1n) is 8.69. The van der Waals surface area contributed by atoms with Gasteiger partial charge in [-0.3, -0.25) is 0 Å². The third-order valence-electron chi connectivity index (χ3n) is 5.03. The summed E-state index contributed by atoms with van der Waals surface area (Å²) >= 11 is 0. The number of hydrogen-bond acceptors (Lipinski definition) is 5. The third-order valence-corrected chi connectivity index (χ3v) is 5.03. The van der Waals surface area contributed by atoms with Gasteiger partial charge in [-0.15, -0.1) is 0 Å². The minimum Gasteiger partial charge on any atom is -0.381 e. The van der Waals surface area contributed by atoms with Gasteiger partial charge in [0, 0.05) is 25.3 Å². The van der Waals surface area contributed by atoms with Crippen molar-refractivity contribution in [3.8, 4) is 11.4 Å². The lowest BCUT2D eigenvalue weighted by molar-refractivity contribution is 0.0523. The van der Waals surface area contributed by atoms with Crippen molar-refractivity contribution < 1.29 is 13.7 Å². The second-order valence-electron chi connectivity index (χ2n) is 6.53. The van der Waals surface area contributed by atoms with Crippen LogP contribution in [0.3, 0.4) is 0 Å². The minimum absolute atomic E-state index is 0.262. The number of nitrogens with zero attached hydrogens (tertiary/aromatic N) is 2. The summed E-state index contributed by atoms with van der Waals surface area (Å²) in [6, 6.07) is 14.3. The number of ether oxygens (including phenoxy) is 1. The van der Waals surface area contributed by atoms with Crippen molar-refractivity contribution in [2.45, 2.75) is 24.8 Å². The van der Waals surface area contributed by atoms with E-state index in [9.17, 15) is 4.39 Å². The van der Waals surface area contributed by atoms with Gasteiger partial charge in [-0.25, -0.2) is 4.39 Å². The Bertz CT molecular complexity index is 869. The third kappa shape index (κ3) is 3.02. The highest BCUT2D eigenvalue weighted by Crippen LogP contribution is 2.41. The lowest BCUT2D eigenvalue weighted by Gasteiger charge is -2.34. The summed E-state index contributed by atoms with van der Waals surface area (Å²) in [6.45, 7) is 1.69. The van der Waals surface area contributed by atoms with Crippen LogP contribution in [0.2, 0.25) is 0 Å². The summed E-state index contributed by atoms with van der Waals surface area (Å²) < 4.78 is 24.6. The van der Waals surface area contributed by atoms with Crippen LogP contribution in [0.25, 0.3) is 11.4 Å². The SMILES string of the molecule is NCc1ccc(-c2noc(C3(c4ccc(F)cc4)CCOCC3)n2)cc1. The molecule has 134 valence electrons. The molecule has 2 heterocycles. The second-order valence-corrected chi connectivity index (χ2v) is 6.53. The van der Waals surface area contributed by atoms with Crippen LogP contribution in [-0.2, 0) is 16.7 Å². The minimum atomic E-state index is -0.450. The maximum atomic E-state index is 13.4. The van der Waals surface area contributed by atoms with Crippen molar-refractivity contribution in [1.29, 1.82) is 0 Å². The maximum absolute atomic E-state index is 13.4. The molecule has 1 aromatic heterocycles. The Morgan fingerprint density at radius 2 is 1.69 bits per heavy atom. The molecular formula is C20H20FN3O2. The number of nitrogens with two attached hydrogens (primary N) is 1. The monoisotopic (exact) mass is 353 g/mol. The van der Waals surface area contributed by atoms with Crippen molar-refractivity contribution in [1.82, 2.24) is 10.1 Å². The van der Waals surface area contributed by atoms with Crippen LogP contribution in [0.15, 0.2) is 53.1 Å². The van der Waals surface area contributed by atoms with Gasteiger partial charge in [-0.1, -0.05) is 41.6 Å². The molecule has 0 bridgehead atoms. The van der Waals surface area contributed by atoms with Gasteiger partial charge < -0.3 is 15.0 Å². The fourth-order valence-electron chi connectivity index (χ4n) is 3.44. The number of benzene rings is 2. The highest BCUT2D eigenvalue weighted by atomic mass is 19.1. The van der Waals surface area contributed by atoms with E-state index in [0.29, 0.717) is 44.3 Å². The number of rotatable bonds is 4. The van der Waals surface area contributed by atoms with E-state index < -0.39 is 5.41 Å². The van der Waals surface area contributed by atoms with E-state index in [4.69, 9.17) is 15.0 Å². The molecule has 0 unspecified atom stereocenters. The molecule has 5 nitrogen and oxygen atoms in total. The van der Waals surface area contributed by atoms with Crippen molar-refractivity contribution in [2.24, 2.45) is 5.73 Å². The summed E-state index contributed by atoms with van der Waals surface area (Å²) in [5, 5.41) is 4.17. The summed E-state index contributed by atoms with van der Waals surface area (Å²) in [5.41, 5.74) is 8.08. The van der Waals surface area contributed by atoms with Crippen LogP contribution in [0.4, 0.5) is 4.39 Å². The fourth-order valence-corrected chi connectivity index (χ4v) is 3.44. The summed E-state index contributed by atoms with van der Waals surface area (Å²) in [6.07, 6.45) is 1.43.